The second-order valence-electron chi connectivity index (χ2n) is 11.6. The Morgan fingerprint density at radius 1 is 1.12 bits per heavy atom. The molecule has 0 radical (unpaired) electrons. The van der Waals surface area contributed by atoms with Crippen LogP contribution in [0.5, 0.6) is 0 Å². The van der Waals surface area contributed by atoms with Crippen LogP contribution in [0.1, 0.15) is 71.1 Å². The molecule has 2 heterocycles. The summed E-state index contributed by atoms with van der Waals surface area (Å²) < 4.78 is 7.12. The van der Waals surface area contributed by atoms with E-state index in [-0.39, 0.29) is 5.92 Å². The molecule has 5 rings (SSSR count). The molecule has 34 heavy (non-hydrogen) atoms. The predicted octanol–water partition coefficient (Wildman–Crippen LogP) is 5.04. The van der Waals surface area contributed by atoms with E-state index in [0.717, 1.165) is 73.7 Å². The monoisotopic (exact) mass is 467 g/mol. The van der Waals surface area contributed by atoms with Gasteiger partial charge >= 0.3 is 0 Å². The van der Waals surface area contributed by atoms with Crippen molar-refractivity contribution in [2.75, 3.05) is 13.7 Å². The van der Waals surface area contributed by atoms with Gasteiger partial charge in [-0.25, -0.2) is 0 Å². The van der Waals surface area contributed by atoms with Crippen LogP contribution in [-0.2, 0) is 16.1 Å². The SMILES string of the molecule is COC[C@@]1(O)CC[C@H]2[C@H](CC[C@@H]3[C@@H]2CCC[C@@H](C(=O)Cn2cc4ncccc4n2)CC[C@@H]3C)C1. The lowest BCUT2D eigenvalue weighted by Gasteiger charge is -2.51. The summed E-state index contributed by atoms with van der Waals surface area (Å²) in [6.07, 6.45) is 14.6. The standard InChI is InChI=1S/C28H41N3O3/c1-19-8-9-20(27(32)17-31-16-26-25(30-31)7-4-14-29-26)5-3-6-24-22(19)11-10-21-15-28(33,18-34-2)13-12-23(21)24/h4,7,14,16,19-24,33H,3,5-6,8-13,15,17-18H2,1-2H3/t19-,20+,21+,22-,23-,24-,28+/m0/s1. The van der Waals surface area contributed by atoms with Crippen LogP contribution >= 0.6 is 0 Å². The second kappa shape index (κ2) is 10.1. The van der Waals surface area contributed by atoms with Crippen LogP contribution in [0.2, 0.25) is 0 Å². The van der Waals surface area contributed by atoms with E-state index in [0.29, 0.717) is 30.8 Å². The molecule has 3 fully saturated rings. The lowest BCUT2D eigenvalue weighted by molar-refractivity contribution is -0.124. The van der Waals surface area contributed by atoms with Gasteiger partial charge in [0.2, 0.25) is 0 Å². The lowest BCUT2D eigenvalue weighted by Crippen LogP contribution is -2.48. The fraction of sp³-hybridized carbons (Fsp3) is 0.750. The number of carbonyl (C=O) groups is 1. The summed E-state index contributed by atoms with van der Waals surface area (Å²) in [6, 6.07) is 3.83. The Morgan fingerprint density at radius 2 is 2.00 bits per heavy atom. The van der Waals surface area contributed by atoms with E-state index >= 15 is 0 Å². The van der Waals surface area contributed by atoms with Crippen LogP contribution in [0, 0.1) is 35.5 Å². The predicted molar refractivity (Wildman–Crippen MR) is 132 cm³/mol. The Labute approximate surface area is 203 Å². The van der Waals surface area contributed by atoms with Crippen LogP contribution in [-0.4, -0.2) is 45.0 Å². The summed E-state index contributed by atoms with van der Waals surface area (Å²) in [7, 11) is 1.70. The Bertz CT molecular complexity index is 957. The molecule has 7 atom stereocenters. The summed E-state index contributed by atoms with van der Waals surface area (Å²) in [6.45, 7) is 3.25. The van der Waals surface area contributed by atoms with Crippen molar-refractivity contribution in [1.29, 1.82) is 0 Å². The third-order valence-electron chi connectivity index (χ3n) is 9.46. The molecule has 0 saturated heterocycles. The smallest absolute Gasteiger partial charge is 0.157 e. The van der Waals surface area contributed by atoms with Gasteiger partial charge in [0.1, 0.15) is 11.0 Å². The number of aromatic nitrogens is 3. The number of Topliss-reactive ketones (excluding diaryl/α,β-unsaturated/α-hetero) is 1. The zero-order valence-electron chi connectivity index (χ0n) is 20.9. The Balaban J connectivity index is 1.24. The van der Waals surface area contributed by atoms with E-state index < -0.39 is 5.60 Å². The maximum atomic E-state index is 13.3. The topological polar surface area (TPSA) is 77.2 Å². The van der Waals surface area contributed by atoms with E-state index in [4.69, 9.17) is 4.74 Å². The molecule has 3 aliphatic carbocycles. The van der Waals surface area contributed by atoms with Crippen molar-refractivity contribution in [3.05, 3.63) is 24.5 Å². The highest BCUT2D eigenvalue weighted by Gasteiger charge is 2.47. The van der Waals surface area contributed by atoms with Crippen molar-refractivity contribution < 1.29 is 14.6 Å². The Morgan fingerprint density at radius 3 is 2.82 bits per heavy atom. The van der Waals surface area contributed by atoms with Crippen LogP contribution in [0.4, 0.5) is 0 Å². The fourth-order valence-electron chi connectivity index (χ4n) is 7.78. The number of hydrogen-bond acceptors (Lipinski definition) is 5. The van der Waals surface area contributed by atoms with Crippen LogP contribution < -0.4 is 0 Å². The molecule has 0 amide bonds. The number of ketones is 1. The number of methoxy groups -OCH3 is 1. The molecule has 0 unspecified atom stereocenters. The van der Waals surface area contributed by atoms with Gasteiger partial charge in [-0.05, 0) is 99.5 Å². The first kappa shape index (κ1) is 23.9. The summed E-state index contributed by atoms with van der Waals surface area (Å²) in [5, 5.41) is 15.5. The van der Waals surface area contributed by atoms with Gasteiger partial charge in [-0.1, -0.05) is 13.3 Å². The fourth-order valence-corrected chi connectivity index (χ4v) is 7.78. The van der Waals surface area contributed by atoms with Gasteiger partial charge in [0.15, 0.2) is 5.78 Å². The molecule has 0 aromatic carbocycles. The molecule has 1 N–H and O–H groups in total. The van der Waals surface area contributed by atoms with Crippen molar-refractivity contribution in [3.63, 3.8) is 0 Å². The first-order valence-electron chi connectivity index (χ1n) is 13.5. The first-order chi connectivity index (χ1) is 16.5. The zero-order chi connectivity index (χ0) is 23.7. The number of carbonyl (C=O) groups excluding carboxylic acids is 1. The normalized spacial score (nSPS) is 36.7. The van der Waals surface area contributed by atoms with E-state index in [1.807, 2.05) is 18.3 Å². The minimum Gasteiger partial charge on any atom is -0.387 e. The molecule has 0 aliphatic heterocycles. The Kier molecular flexibility index (Phi) is 7.08. The van der Waals surface area contributed by atoms with Crippen molar-refractivity contribution in [2.45, 2.75) is 83.3 Å². The van der Waals surface area contributed by atoms with Gasteiger partial charge in [0.25, 0.3) is 0 Å². The molecule has 186 valence electrons. The maximum Gasteiger partial charge on any atom is 0.157 e. The average Bonchev–Trinajstić information content (AvgIpc) is 3.25. The molecular formula is C28H41N3O3. The summed E-state index contributed by atoms with van der Waals surface area (Å²) >= 11 is 0. The van der Waals surface area contributed by atoms with Crippen LogP contribution in [0.25, 0.3) is 11.0 Å². The molecule has 6 heteroatoms. The van der Waals surface area contributed by atoms with Crippen LogP contribution in [0.3, 0.4) is 0 Å². The van der Waals surface area contributed by atoms with E-state index in [9.17, 15) is 9.90 Å². The second-order valence-corrected chi connectivity index (χ2v) is 11.6. The van der Waals surface area contributed by atoms with Gasteiger partial charge in [-0.3, -0.25) is 14.5 Å². The lowest BCUT2D eigenvalue weighted by atomic mass is 9.56. The number of nitrogens with zero attached hydrogens (tertiary/aromatic N) is 3. The number of hydrogen-bond donors (Lipinski definition) is 1. The quantitative estimate of drug-likeness (QED) is 0.667. The third-order valence-corrected chi connectivity index (χ3v) is 9.46. The number of ether oxygens (including phenoxy) is 1. The zero-order valence-corrected chi connectivity index (χ0v) is 20.9. The van der Waals surface area contributed by atoms with Gasteiger partial charge in [-0.2, -0.15) is 5.10 Å². The number of aliphatic hydroxyl groups is 1. The van der Waals surface area contributed by atoms with E-state index in [1.165, 1.54) is 19.3 Å². The minimum atomic E-state index is -0.628. The average molecular weight is 468 g/mol. The summed E-state index contributed by atoms with van der Waals surface area (Å²) in [4.78, 5) is 17.6. The molecule has 3 aliphatic rings. The van der Waals surface area contributed by atoms with Crippen LogP contribution in [0.15, 0.2) is 24.5 Å². The number of pyridine rings is 1. The highest BCUT2D eigenvalue weighted by molar-refractivity contribution is 5.81. The maximum absolute atomic E-state index is 13.3. The van der Waals surface area contributed by atoms with E-state index in [2.05, 4.69) is 17.0 Å². The molecule has 6 nitrogen and oxygen atoms in total. The highest BCUT2D eigenvalue weighted by atomic mass is 16.5. The summed E-state index contributed by atoms with van der Waals surface area (Å²) in [5.41, 5.74) is 1.07. The number of fused-ring (bicyclic) bond motifs is 4. The van der Waals surface area contributed by atoms with Gasteiger partial charge in [0.05, 0.1) is 24.9 Å². The van der Waals surface area contributed by atoms with Gasteiger partial charge < -0.3 is 9.84 Å². The van der Waals surface area contributed by atoms with Crippen molar-refractivity contribution in [3.8, 4) is 0 Å². The summed E-state index contributed by atoms with van der Waals surface area (Å²) in [5.74, 6) is 4.00. The van der Waals surface area contributed by atoms with Crippen molar-refractivity contribution in [2.24, 2.45) is 35.5 Å². The first-order valence-corrected chi connectivity index (χ1v) is 13.5. The highest BCUT2D eigenvalue weighted by Crippen LogP contribution is 2.53. The Hall–Kier alpha value is -1.79. The molecule has 0 bridgehead atoms. The van der Waals surface area contributed by atoms with Gasteiger partial charge in [0, 0.05) is 19.2 Å². The molecular weight excluding hydrogens is 426 g/mol. The minimum absolute atomic E-state index is 0.136. The van der Waals surface area contributed by atoms with Crippen molar-refractivity contribution >= 4 is 16.8 Å². The molecule has 3 saturated carbocycles. The third kappa shape index (κ3) is 4.94. The largest absolute Gasteiger partial charge is 0.387 e. The molecule has 0 spiro atoms. The number of rotatable bonds is 5. The van der Waals surface area contributed by atoms with Gasteiger partial charge in [-0.15, -0.1) is 0 Å². The molecule has 2 aromatic rings. The molecule has 2 aromatic heterocycles. The van der Waals surface area contributed by atoms with Crippen molar-refractivity contribution in [1.82, 2.24) is 14.8 Å². The van der Waals surface area contributed by atoms with E-state index in [1.54, 1.807) is 18.0 Å².